The zero-order valence-electron chi connectivity index (χ0n) is 14.5. The molecule has 0 spiro atoms. The standard InChI is InChI=1S/C19H19N3O3S/c1-3-22-18(24)14-9-8-12(10-15(14)21-19(22)26)17(23)20-11-13-6-4-5-7-16(13)25-2/h4-10H,3,11H2,1-2H3,(H,20,23)(H,21,26). The van der Waals surface area contributed by atoms with Gasteiger partial charge in [-0.1, -0.05) is 18.2 Å². The van der Waals surface area contributed by atoms with E-state index in [4.69, 9.17) is 17.0 Å². The topological polar surface area (TPSA) is 76.1 Å². The summed E-state index contributed by atoms with van der Waals surface area (Å²) in [6.07, 6.45) is 0. The van der Waals surface area contributed by atoms with Crippen molar-refractivity contribution in [2.75, 3.05) is 7.11 Å². The minimum Gasteiger partial charge on any atom is -0.496 e. The molecule has 0 saturated heterocycles. The Morgan fingerprint density at radius 2 is 2.04 bits per heavy atom. The van der Waals surface area contributed by atoms with E-state index in [1.165, 1.54) is 4.57 Å². The van der Waals surface area contributed by atoms with Crippen molar-refractivity contribution in [1.29, 1.82) is 0 Å². The molecule has 0 fully saturated rings. The smallest absolute Gasteiger partial charge is 0.262 e. The van der Waals surface area contributed by atoms with Gasteiger partial charge in [0, 0.05) is 24.2 Å². The first-order valence-electron chi connectivity index (χ1n) is 8.22. The molecule has 1 heterocycles. The molecule has 0 atom stereocenters. The Bertz CT molecular complexity index is 1090. The largest absolute Gasteiger partial charge is 0.496 e. The number of nitrogens with zero attached hydrogens (tertiary/aromatic N) is 1. The number of ether oxygens (including phenoxy) is 1. The minimum absolute atomic E-state index is 0.160. The first kappa shape index (κ1) is 17.9. The summed E-state index contributed by atoms with van der Waals surface area (Å²) in [6, 6.07) is 12.4. The second kappa shape index (κ2) is 7.53. The molecule has 3 aromatic rings. The van der Waals surface area contributed by atoms with E-state index in [1.807, 2.05) is 31.2 Å². The Kier molecular flexibility index (Phi) is 5.18. The molecule has 0 bridgehead atoms. The Morgan fingerprint density at radius 1 is 1.27 bits per heavy atom. The van der Waals surface area contributed by atoms with Crippen molar-refractivity contribution in [3.63, 3.8) is 0 Å². The van der Waals surface area contributed by atoms with Gasteiger partial charge in [-0.3, -0.25) is 14.2 Å². The van der Waals surface area contributed by atoms with E-state index in [1.54, 1.807) is 25.3 Å². The van der Waals surface area contributed by atoms with Gasteiger partial charge < -0.3 is 15.0 Å². The summed E-state index contributed by atoms with van der Waals surface area (Å²) in [5, 5.41) is 3.37. The van der Waals surface area contributed by atoms with Gasteiger partial charge in [-0.25, -0.2) is 0 Å². The fourth-order valence-corrected chi connectivity index (χ4v) is 3.13. The molecular formula is C19H19N3O3S. The van der Waals surface area contributed by atoms with E-state index < -0.39 is 0 Å². The fourth-order valence-electron chi connectivity index (χ4n) is 2.81. The van der Waals surface area contributed by atoms with Crippen LogP contribution in [0.4, 0.5) is 0 Å². The fraction of sp³-hybridized carbons (Fsp3) is 0.211. The Balaban J connectivity index is 1.87. The summed E-state index contributed by atoms with van der Waals surface area (Å²) in [7, 11) is 1.59. The van der Waals surface area contributed by atoms with Crippen LogP contribution in [0.2, 0.25) is 0 Å². The summed E-state index contributed by atoms with van der Waals surface area (Å²) in [5.74, 6) is 0.479. The number of methoxy groups -OCH3 is 1. The molecule has 0 aliphatic rings. The number of benzene rings is 2. The molecule has 1 amide bonds. The molecule has 3 rings (SSSR count). The number of hydrogen-bond donors (Lipinski definition) is 2. The third-order valence-corrected chi connectivity index (χ3v) is 4.51. The van der Waals surface area contributed by atoms with E-state index in [9.17, 15) is 9.59 Å². The van der Waals surface area contributed by atoms with Crippen LogP contribution < -0.4 is 15.6 Å². The molecule has 26 heavy (non-hydrogen) atoms. The Labute approximate surface area is 155 Å². The molecule has 0 aliphatic heterocycles. The number of hydrogen-bond acceptors (Lipinski definition) is 4. The third-order valence-electron chi connectivity index (χ3n) is 4.19. The highest BCUT2D eigenvalue weighted by atomic mass is 32.1. The van der Waals surface area contributed by atoms with Crippen molar-refractivity contribution in [3.8, 4) is 5.75 Å². The highest BCUT2D eigenvalue weighted by Gasteiger charge is 2.11. The van der Waals surface area contributed by atoms with E-state index in [-0.39, 0.29) is 11.5 Å². The van der Waals surface area contributed by atoms with Crippen molar-refractivity contribution in [1.82, 2.24) is 14.9 Å². The average Bonchev–Trinajstić information content (AvgIpc) is 2.66. The molecule has 0 unspecified atom stereocenters. The summed E-state index contributed by atoms with van der Waals surface area (Å²) in [5.41, 5.74) is 1.72. The molecule has 0 aliphatic carbocycles. The summed E-state index contributed by atoms with van der Waals surface area (Å²) in [4.78, 5) is 27.9. The van der Waals surface area contributed by atoms with Crippen molar-refractivity contribution >= 4 is 29.0 Å². The van der Waals surface area contributed by atoms with Crippen molar-refractivity contribution in [2.45, 2.75) is 20.0 Å². The number of carbonyl (C=O) groups excluding carboxylic acids is 1. The van der Waals surface area contributed by atoms with Crippen LogP contribution >= 0.6 is 12.2 Å². The van der Waals surface area contributed by atoms with Crippen LogP contribution in [0.15, 0.2) is 47.3 Å². The maximum Gasteiger partial charge on any atom is 0.262 e. The van der Waals surface area contributed by atoms with E-state index in [2.05, 4.69) is 10.3 Å². The van der Waals surface area contributed by atoms with Crippen LogP contribution in [0, 0.1) is 4.77 Å². The van der Waals surface area contributed by atoms with Crippen molar-refractivity contribution < 1.29 is 9.53 Å². The van der Waals surface area contributed by atoms with Gasteiger partial charge in [0.05, 0.1) is 18.0 Å². The van der Waals surface area contributed by atoms with E-state index in [0.29, 0.717) is 34.3 Å². The lowest BCUT2D eigenvalue weighted by molar-refractivity contribution is 0.0951. The molecule has 0 radical (unpaired) electrons. The second-order valence-electron chi connectivity index (χ2n) is 5.73. The lowest BCUT2D eigenvalue weighted by atomic mass is 10.1. The molecular weight excluding hydrogens is 350 g/mol. The van der Waals surface area contributed by atoms with Crippen LogP contribution in [-0.4, -0.2) is 22.6 Å². The summed E-state index contributed by atoms with van der Waals surface area (Å²) < 4.78 is 7.11. The number of fused-ring (bicyclic) bond motifs is 1. The van der Waals surface area contributed by atoms with Gasteiger partial charge in [-0.15, -0.1) is 0 Å². The maximum atomic E-state index is 12.5. The van der Waals surface area contributed by atoms with Crippen molar-refractivity contribution in [2.24, 2.45) is 0 Å². The molecule has 1 aromatic heterocycles. The van der Waals surface area contributed by atoms with E-state index >= 15 is 0 Å². The Morgan fingerprint density at radius 3 is 2.77 bits per heavy atom. The first-order chi connectivity index (χ1) is 12.5. The normalized spacial score (nSPS) is 10.7. The SMILES string of the molecule is CCn1c(=S)[nH]c2cc(C(=O)NCc3ccccc3OC)ccc2c1=O. The zero-order chi connectivity index (χ0) is 18.7. The zero-order valence-corrected chi connectivity index (χ0v) is 15.4. The number of aromatic amines is 1. The molecule has 0 saturated carbocycles. The molecule has 134 valence electrons. The quantitative estimate of drug-likeness (QED) is 0.678. The molecule has 2 N–H and O–H groups in total. The van der Waals surface area contributed by atoms with Crippen LogP contribution in [0.25, 0.3) is 10.9 Å². The van der Waals surface area contributed by atoms with Gasteiger partial charge in [0.15, 0.2) is 4.77 Å². The predicted molar refractivity (Wildman–Crippen MR) is 103 cm³/mol. The number of carbonyl (C=O) groups is 1. The highest BCUT2D eigenvalue weighted by molar-refractivity contribution is 7.71. The summed E-state index contributed by atoms with van der Waals surface area (Å²) in [6.45, 7) is 2.69. The van der Waals surface area contributed by atoms with Gasteiger partial charge in [0.2, 0.25) is 0 Å². The van der Waals surface area contributed by atoms with Crippen molar-refractivity contribution in [3.05, 3.63) is 68.7 Å². The Hall–Kier alpha value is -2.93. The number of aromatic nitrogens is 2. The number of H-pyrrole nitrogens is 1. The third kappa shape index (κ3) is 3.39. The number of para-hydroxylation sites is 1. The van der Waals surface area contributed by atoms with Gasteiger partial charge >= 0.3 is 0 Å². The van der Waals surface area contributed by atoms with Gasteiger partial charge in [0.25, 0.3) is 11.5 Å². The lowest BCUT2D eigenvalue weighted by Gasteiger charge is -2.10. The second-order valence-corrected chi connectivity index (χ2v) is 6.12. The molecule has 2 aromatic carbocycles. The monoisotopic (exact) mass is 369 g/mol. The highest BCUT2D eigenvalue weighted by Crippen LogP contribution is 2.17. The first-order valence-corrected chi connectivity index (χ1v) is 8.63. The maximum absolute atomic E-state index is 12.5. The molecule has 7 heteroatoms. The van der Waals surface area contributed by atoms with Crippen LogP contribution in [0.1, 0.15) is 22.8 Å². The van der Waals surface area contributed by atoms with E-state index in [0.717, 1.165) is 11.3 Å². The van der Waals surface area contributed by atoms with Crippen LogP contribution in [0.3, 0.4) is 0 Å². The van der Waals surface area contributed by atoms with Gasteiger partial charge in [0.1, 0.15) is 5.75 Å². The van der Waals surface area contributed by atoms with Gasteiger partial charge in [-0.05, 0) is 43.4 Å². The number of nitrogens with one attached hydrogen (secondary N) is 2. The summed E-state index contributed by atoms with van der Waals surface area (Å²) >= 11 is 5.21. The predicted octanol–water partition coefficient (Wildman–Crippen LogP) is 3.02. The lowest BCUT2D eigenvalue weighted by Crippen LogP contribution is -2.24. The number of rotatable bonds is 5. The minimum atomic E-state index is -0.239. The van der Waals surface area contributed by atoms with Crippen LogP contribution in [0.5, 0.6) is 5.75 Å². The van der Waals surface area contributed by atoms with Gasteiger partial charge in [-0.2, -0.15) is 0 Å². The average molecular weight is 369 g/mol. The molecule has 6 nitrogen and oxygen atoms in total. The number of amides is 1. The van der Waals surface area contributed by atoms with Crippen LogP contribution in [-0.2, 0) is 13.1 Å².